The summed E-state index contributed by atoms with van der Waals surface area (Å²) < 4.78 is 10.7. The van der Waals surface area contributed by atoms with Gasteiger partial charge < -0.3 is 19.7 Å². The third kappa shape index (κ3) is 5.23. The molecule has 1 amide bonds. The summed E-state index contributed by atoms with van der Waals surface area (Å²) in [4.78, 5) is 18.4. The molecule has 1 fully saturated rings. The largest absolute Gasteiger partial charge is 0.493 e. The van der Waals surface area contributed by atoms with Crippen LogP contribution >= 0.6 is 0 Å². The predicted octanol–water partition coefficient (Wildman–Crippen LogP) is 2.81. The third-order valence-electron chi connectivity index (χ3n) is 5.27. The Kier molecular flexibility index (Phi) is 7.25. The van der Waals surface area contributed by atoms with Crippen LogP contribution in [0.25, 0.3) is 0 Å². The molecule has 0 saturated carbocycles. The minimum absolute atomic E-state index is 0.264. The second-order valence-corrected chi connectivity index (χ2v) is 7.04. The van der Waals surface area contributed by atoms with E-state index in [-0.39, 0.29) is 5.91 Å². The molecule has 3 rings (SSSR count). The van der Waals surface area contributed by atoms with E-state index in [1.807, 2.05) is 47.6 Å². The molecule has 0 radical (unpaired) electrons. The van der Waals surface area contributed by atoms with E-state index in [0.29, 0.717) is 12.5 Å². The zero-order valence-corrected chi connectivity index (χ0v) is 16.7. The van der Waals surface area contributed by atoms with Crippen LogP contribution in [0.5, 0.6) is 11.5 Å². The summed E-state index contributed by atoms with van der Waals surface area (Å²) in [5.74, 6) is 1.71. The Labute approximate surface area is 166 Å². The number of rotatable bonds is 10. The first-order chi connectivity index (χ1) is 13.7. The van der Waals surface area contributed by atoms with Crippen LogP contribution in [-0.4, -0.2) is 49.1 Å². The SMILES string of the molecule is COc1ccc(CCN2C(=O)CCC2CCNCc2ccncc2)cc1OC. The van der Waals surface area contributed by atoms with Crippen LogP contribution in [-0.2, 0) is 17.8 Å². The van der Waals surface area contributed by atoms with E-state index in [1.54, 1.807) is 14.2 Å². The number of ether oxygens (including phenoxy) is 2. The van der Waals surface area contributed by atoms with Crippen LogP contribution < -0.4 is 14.8 Å². The number of carbonyl (C=O) groups is 1. The normalized spacial score (nSPS) is 16.4. The van der Waals surface area contributed by atoms with Gasteiger partial charge in [0.15, 0.2) is 11.5 Å². The highest BCUT2D eigenvalue weighted by Gasteiger charge is 2.29. The Morgan fingerprint density at radius 1 is 1.11 bits per heavy atom. The van der Waals surface area contributed by atoms with Crippen molar-refractivity contribution in [1.29, 1.82) is 0 Å². The highest BCUT2D eigenvalue weighted by atomic mass is 16.5. The molecular weight excluding hydrogens is 354 g/mol. The smallest absolute Gasteiger partial charge is 0.222 e. The quantitative estimate of drug-likeness (QED) is 0.639. The van der Waals surface area contributed by atoms with Gasteiger partial charge in [-0.15, -0.1) is 0 Å². The highest BCUT2D eigenvalue weighted by molar-refractivity contribution is 5.78. The first-order valence-electron chi connectivity index (χ1n) is 9.81. The lowest BCUT2D eigenvalue weighted by Gasteiger charge is -2.25. The summed E-state index contributed by atoms with van der Waals surface area (Å²) in [6.07, 6.45) is 7.00. The number of likely N-dealkylation sites (tertiary alicyclic amines) is 1. The molecule has 28 heavy (non-hydrogen) atoms. The second kappa shape index (κ2) is 10.1. The molecule has 1 aromatic heterocycles. The van der Waals surface area contributed by atoms with E-state index in [0.717, 1.165) is 56.0 Å². The van der Waals surface area contributed by atoms with Gasteiger partial charge in [0.1, 0.15) is 0 Å². The minimum atomic E-state index is 0.264. The summed E-state index contributed by atoms with van der Waals surface area (Å²) >= 11 is 0. The Balaban J connectivity index is 1.48. The first-order valence-corrected chi connectivity index (χ1v) is 9.81. The average molecular weight is 383 g/mol. The predicted molar refractivity (Wildman–Crippen MR) is 109 cm³/mol. The highest BCUT2D eigenvalue weighted by Crippen LogP contribution is 2.28. The monoisotopic (exact) mass is 383 g/mol. The van der Waals surface area contributed by atoms with Gasteiger partial charge in [-0.1, -0.05) is 6.07 Å². The molecule has 1 aliphatic rings. The number of aromatic nitrogens is 1. The van der Waals surface area contributed by atoms with Gasteiger partial charge in [0.25, 0.3) is 0 Å². The number of amides is 1. The molecule has 2 aromatic rings. The molecule has 0 aliphatic carbocycles. The maximum absolute atomic E-state index is 12.3. The minimum Gasteiger partial charge on any atom is -0.493 e. The van der Waals surface area contributed by atoms with E-state index in [2.05, 4.69) is 10.3 Å². The zero-order valence-electron chi connectivity index (χ0n) is 16.7. The molecule has 6 nitrogen and oxygen atoms in total. The fourth-order valence-corrected chi connectivity index (χ4v) is 3.69. The van der Waals surface area contributed by atoms with Crippen LogP contribution in [0.1, 0.15) is 30.4 Å². The molecular formula is C22H29N3O3. The molecule has 0 bridgehead atoms. The molecule has 1 aliphatic heterocycles. The lowest BCUT2D eigenvalue weighted by Crippen LogP contribution is -2.36. The average Bonchev–Trinajstić information content (AvgIpc) is 3.09. The summed E-state index contributed by atoms with van der Waals surface area (Å²) in [5.41, 5.74) is 2.37. The van der Waals surface area contributed by atoms with E-state index in [1.165, 1.54) is 5.56 Å². The number of pyridine rings is 1. The lowest BCUT2D eigenvalue weighted by molar-refractivity contribution is -0.129. The Morgan fingerprint density at radius 3 is 2.64 bits per heavy atom. The summed E-state index contributed by atoms with van der Waals surface area (Å²) in [6.45, 7) is 2.46. The van der Waals surface area contributed by atoms with E-state index < -0.39 is 0 Å². The first kappa shape index (κ1) is 20.1. The van der Waals surface area contributed by atoms with Gasteiger partial charge in [-0.05, 0) is 61.2 Å². The molecule has 0 spiro atoms. The van der Waals surface area contributed by atoms with Crippen molar-refractivity contribution >= 4 is 5.91 Å². The summed E-state index contributed by atoms with van der Waals surface area (Å²) in [5, 5.41) is 3.47. The van der Waals surface area contributed by atoms with Crippen molar-refractivity contribution in [2.45, 2.75) is 38.3 Å². The number of nitrogens with one attached hydrogen (secondary N) is 1. The zero-order chi connectivity index (χ0) is 19.8. The van der Waals surface area contributed by atoms with Crippen LogP contribution in [0.3, 0.4) is 0 Å². The second-order valence-electron chi connectivity index (χ2n) is 7.04. The number of benzene rings is 1. The number of carbonyl (C=O) groups excluding carboxylic acids is 1. The number of hydrogen-bond acceptors (Lipinski definition) is 5. The Morgan fingerprint density at radius 2 is 1.89 bits per heavy atom. The number of methoxy groups -OCH3 is 2. The molecule has 150 valence electrons. The van der Waals surface area contributed by atoms with E-state index in [9.17, 15) is 4.79 Å². The summed E-state index contributed by atoms with van der Waals surface area (Å²) in [7, 11) is 3.27. The van der Waals surface area contributed by atoms with Crippen molar-refractivity contribution in [3.8, 4) is 11.5 Å². The fourth-order valence-electron chi connectivity index (χ4n) is 3.69. The standard InChI is InChI=1S/C22H29N3O3/c1-27-20-5-3-17(15-21(20)28-2)10-14-25-19(4-6-22(25)26)9-13-24-16-18-7-11-23-12-8-18/h3,5,7-8,11-12,15,19,24H,4,6,9-10,13-14,16H2,1-2H3. The third-order valence-corrected chi connectivity index (χ3v) is 5.27. The van der Waals surface area contributed by atoms with E-state index in [4.69, 9.17) is 9.47 Å². The van der Waals surface area contributed by atoms with Crippen molar-refractivity contribution in [2.24, 2.45) is 0 Å². The van der Waals surface area contributed by atoms with Crippen molar-refractivity contribution in [3.05, 3.63) is 53.9 Å². The maximum Gasteiger partial charge on any atom is 0.222 e. The van der Waals surface area contributed by atoms with Crippen LogP contribution in [0.2, 0.25) is 0 Å². The van der Waals surface area contributed by atoms with Crippen molar-refractivity contribution in [1.82, 2.24) is 15.2 Å². The van der Waals surface area contributed by atoms with Crippen molar-refractivity contribution in [3.63, 3.8) is 0 Å². The molecule has 6 heteroatoms. The Hall–Kier alpha value is -2.60. The van der Waals surface area contributed by atoms with Gasteiger partial charge in [-0.3, -0.25) is 9.78 Å². The van der Waals surface area contributed by atoms with Crippen LogP contribution in [0, 0.1) is 0 Å². The van der Waals surface area contributed by atoms with Crippen LogP contribution in [0.15, 0.2) is 42.7 Å². The van der Waals surface area contributed by atoms with Crippen LogP contribution in [0.4, 0.5) is 0 Å². The topological polar surface area (TPSA) is 63.7 Å². The lowest BCUT2D eigenvalue weighted by atomic mass is 10.1. The number of hydrogen-bond donors (Lipinski definition) is 1. The molecule has 2 heterocycles. The van der Waals surface area contributed by atoms with Gasteiger partial charge in [0.2, 0.25) is 5.91 Å². The Bertz CT molecular complexity index is 767. The molecule has 1 atom stereocenters. The van der Waals surface area contributed by atoms with E-state index >= 15 is 0 Å². The van der Waals surface area contributed by atoms with Gasteiger partial charge in [0, 0.05) is 37.9 Å². The van der Waals surface area contributed by atoms with Gasteiger partial charge >= 0.3 is 0 Å². The summed E-state index contributed by atoms with van der Waals surface area (Å²) in [6, 6.07) is 10.3. The van der Waals surface area contributed by atoms with Gasteiger partial charge in [0.05, 0.1) is 14.2 Å². The van der Waals surface area contributed by atoms with Crippen molar-refractivity contribution in [2.75, 3.05) is 27.3 Å². The maximum atomic E-state index is 12.3. The molecule has 1 N–H and O–H groups in total. The number of nitrogens with zero attached hydrogens (tertiary/aromatic N) is 2. The van der Waals surface area contributed by atoms with Gasteiger partial charge in [-0.2, -0.15) is 0 Å². The van der Waals surface area contributed by atoms with Crippen molar-refractivity contribution < 1.29 is 14.3 Å². The van der Waals surface area contributed by atoms with Gasteiger partial charge in [-0.25, -0.2) is 0 Å². The molecule has 1 aromatic carbocycles. The molecule has 1 saturated heterocycles. The fraction of sp³-hybridized carbons (Fsp3) is 0.455. The molecule has 1 unspecified atom stereocenters.